The van der Waals surface area contributed by atoms with Crippen molar-refractivity contribution in [2.75, 3.05) is 5.73 Å². The van der Waals surface area contributed by atoms with Crippen LogP contribution in [0.2, 0.25) is 0 Å². The molecule has 124 valence electrons. The molecule has 0 radical (unpaired) electrons. The summed E-state index contributed by atoms with van der Waals surface area (Å²) >= 11 is 0. The van der Waals surface area contributed by atoms with Gasteiger partial charge in [-0.2, -0.15) is 0 Å². The van der Waals surface area contributed by atoms with Crippen molar-refractivity contribution in [2.45, 2.75) is 0 Å². The Labute approximate surface area is 144 Å². The van der Waals surface area contributed by atoms with Gasteiger partial charge in [0.05, 0.1) is 11.1 Å². The summed E-state index contributed by atoms with van der Waals surface area (Å²) in [6.45, 7) is 0. The summed E-state index contributed by atoms with van der Waals surface area (Å²) in [5.41, 5.74) is 7.40. The second kappa shape index (κ2) is 6.49. The molecule has 3 aromatic carbocycles. The van der Waals surface area contributed by atoms with Crippen molar-refractivity contribution in [2.24, 2.45) is 0 Å². The molecule has 25 heavy (non-hydrogen) atoms. The van der Waals surface area contributed by atoms with Gasteiger partial charge in [0.1, 0.15) is 0 Å². The molecule has 5 heteroatoms. The van der Waals surface area contributed by atoms with Crippen LogP contribution in [-0.4, -0.2) is 22.2 Å². The third kappa shape index (κ3) is 2.95. The molecule has 3 aromatic rings. The Morgan fingerprint density at radius 1 is 0.720 bits per heavy atom. The van der Waals surface area contributed by atoms with E-state index in [2.05, 4.69) is 0 Å². The number of anilines is 1. The van der Waals surface area contributed by atoms with Crippen molar-refractivity contribution >= 4 is 17.6 Å². The Balaban J connectivity index is 2.48. The summed E-state index contributed by atoms with van der Waals surface area (Å²) in [7, 11) is 0. The van der Waals surface area contributed by atoms with Gasteiger partial charge in [-0.3, -0.25) is 0 Å². The van der Waals surface area contributed by atoms with Gasteiger partial charge >= 0.3 is 11.9 Å². The lowest BCUT2D eigenvalue weighted by Crippen LogP contribution is -2.14. The van der Waals surface area contributed by atoms with Crippen LogP contribution in [-0.2, 0) is 0 Å². The highest BCUT2D eigenvalue weighted by atomic mass is 16.4. The summed E-state index contributed by atoms with van der Waals surface area (Å²) in [4.78, 5) is 23.6. The number of carboxylic acids is 2. The van der Waals surface area contributed by atoms with Crippen molar-refractivity contribution in [3.8, 4) is 22.3 Å². The molecule has 0 aliphatic rings. The fourth-order valence-electron chi connectivity index (χ4n) is 2.90. The maximum atomic E-state index is 11.9. The van der Waals surface area contributed by atoms with E-state index in [1.165, 1.54) is 6.07 Å². The predicted octanol–water partition coefficient (Wildman–Crippen LogP) is 4.00. The van der Waals surface area contributed by atoms with Gasteiger partial charge < -0.3 is 15.9 Å². The van der Waals surface area contributed by atoms with E-state index >= 15 is 0 Å². The number of nitrogens with two attached hydrogens (primary N) is 1. The molecular formula is C20H15NO4. The lowest BCUT2D eigenvalue weighted by Gasteiger charge is -2.17. The van der Waals surface area contributed by atoms with Gasteiger partial charge in [0.15, 0.2) is 0 Å². The standard InChI is InChI=1S/C20H15NO4/c21-15-11-14(12-7-3-1-4-8-12)16(13-9-5-2-6-10-13)18(20(24)25)17(15)19(22)23/h1-11H,21H2,(H,22,23)(H,24,25). The van der Waals surface area contributed by atoms with Crippen LogP contribution < -0.4 is 5.73 Å². The van der Waals surface area contributed by atoms with Crippen LogP contribution in [0.25, 0.3) is 22.3 Å². The van der Waals surface area contributed by atoms with Gasteiger partial charge in [-0.25, -0.2) is 9.59 Å². The van der Waals surface area contributed by atoms with Crippen LogP contribution in [0.1, 0.15) is 20.7 Å². The average molecular weight is 333 g/mol. The van der Waals surface area contributed by atoms with E-state index in [1.807, 2.05) is 36.4 Å². The number of nitrogen functional groups attached to an aromatic ring is 1. The van der Waals surface area contributed by atoms with E-state index in [0.717, 1.165) is 5.56 Å². The van der Waals surface area contributed by atoms with E-state index in [4.69, 9.17) is 5.73 Å². The van der Waals surface area contributed by atoms with Crippen LogP contribution in [0.4, 0.5) is 5.69 Å². The second-order valence-electron chi connectivity index (χ2n) is 5.48. The molecular weight excluding hydrogens is 318 g/mol. The molecule has 4 N–H and O–H groups in total. The largest absolute Gasteiger partial charge is 0.478 e. The zero-order chi connectivity index (χ0) is 18.0. The first-order valence-electron chi connectivity index (χ1n) is 7.54. The Kier molecular flexibility index (Phi) is 4.22. The van der Waals surface area contributed by atoms with Crippen molar-refractivity contribution in [3.63, 3.8) is 0 Å². The van der Waals surface area contributed by atoms with Crippen molar-refractivity contribution in [3.05, 3.63) is 77.9 Å². The third-order valence-corrected chi connectivity index (χ3v) is 3.93. The molecule has 0 unspecified atom stereocenters. The first-order chi connectivity index (χ1) is 12.0. The van der Waals surface area contributed by atoms with Crippen molar-refractivity contribution < 1.29 is 19.8 Å². The molecule has 3 rings (SSSR count). The summed E-state index contributed by atoms with van der Waals surface area (Å²) in [5, 5.41) is 19.2. The molecule has 0 saturated carbocycles. The minimum Gasteiger partial charge on any atom is -0.478 e. The Bertz CT molecular complexity index is 950. The number of rotatable bonds is 4. The van der Waals surface area contributed by atoms with Gasteiger partial charge in [-0.1, -0.05) is 60.7 Å². The highest BCUT2D eigenvalue weighted by Crippen LogP contribution is 2.39. The Hall–Kier alpha value is -3.60. The summed E-state index contributed by atoms with van der Waals surface area (Å²) in [6, 6.07) is 19.5. The SMILES string of the molecule is Nc1cc(-c2ccccc2)c(-c2ccccc2)c(C(=O)O)c1C(=O)O. The monoisotopic (exact) mass is 333 g/mol. The first-order valence-corrected chi connectivity index (χ1v) is 7.54. The van der Waals surface area contributed by atoms with Crippen LogP contribution >= 0.6 is 0 Å². The molecule has 0 aliphatic carbocycles. The minimum atomic E-state index is -1.37. The zero-order valence-corrected chi connectivity index (χ0v) is 13.1. The van der Waals surface area contributed by atoms with E-state index in [9.17, 15) is 19.8 Å². The summed E-state index contributed by atoms with van der Waals surface area (Å²) in [5.74, 6) is -2.70. The fraction of sp³-hybridized carbons (Fsp3) is 0. The van der Waals surface area contributed by atoms with Gasteiger partial charge in [-0.15, -0.1) is 0 Å². The van der Waals surface area contributed by atoms with E-state index in [1.54, 1.807) is 24.3 Å². The molecule has 0 fully saturated rings. The smallest absolute Gasteiger partial charge is 0.338 e. The number of hydrogen-bond acceptors (Lipinski definition) is 3. The normalized spacial score (nSPS) is 10.4. The quantitative estimate of drug-likeness (QED) is 0.627. The third-order valence-electron chi connectivity index (χ3n) is 3.93. The van der Waals surface area contributed by atoms with Crippen LogP contribution in [0.3, 0.4) is 0 Å². The maximum Gasteiger partial charge on any atom is 0.338 e. The summed E-state index contributed by atoms with van der Waals surface area (Å²) < 4.78 is 0. The number of carbonyl (C=O) groups is 2. The Morgan fingerprint density at radius 3 is 1.68 bits per heavy atom. The predicted molar refractivity (Wildman–Crippen MR) is 95.6 cm³/mol. The minimum absolute atomic E-state index is 0.0802. The second-order valence-corrected chi connectivity index (χ2v) is 5.48. The van der Waals surface area contributed by atoms with E-state index < -0.39 is 17.5 Å². The highest BCUT2D eigenvalue weighted by Gasteiger charge is 2.27. The molecule has 0 heterocycles. The Morgan fingerprint density at radius 2 is 1.20 bits per heavy atom. The average Bonchev–Trinajstić information content (AvgIpc) is 2.61. The molecule has 0 aromatic heterocycles. The first kappa shape index (κ1) is 16.3. The van der Waals surface area contributed by atoms with E-state index in [0.29, 0.717) is 16.7 Å². The van der Waals surface area contributed by atoms with Crippen LogP contribution in [0, 0.1) is 0 Å². The topological polar surface area (TPSA) is 101 Å². The molecule has 0 saturated heterocycles. The maximum absolute atomic E-state index is 11.9. The van der Waals surface area contributed by atoms with Crippen LogP contribution in [0.15, 0.2) is 66.7 Å². The molecule has 0 bridgehead atoms. The van der Waals surface area contributed by atoms with Gasteiger partial charge in [-0.05, 0) is 22.8 Å². The lowest BCUT2D eigenvalue weighted by atomic mass is 9.86. The lowest BCUT2D eigenvalue weighted by molar-refractivity contribution is 0.0653. The van der Waals surface area contributed by atoms with E-state index in [-0.39, 0.29) is 11.3 Å². The van der Waals surface area contributed by atoms with Gasteiger partial charge in [0.2, 0.25) is 0 Å². The summed E-state index contributed by atoms with van der Waals surface area (Å²) in [6.07, 6.45) is 0. The molecule has 0 spiro atoms. The molecule has 0 aliphatic heterocycles. The highest BCUT2D eigenvalue weighted by molar-refractivity contribution is 6.12. The number of aromatic carboxylic acids is 2. The number of carboxylic acid groups (broad SMARTS) is 2. The van der Waals surface area contributed by atoms with Gasteiger partial charge in [0, 0.05) is 11.3 Å². The molecule has 0 amide bonds. The molecule has 5 nitrogen and oxygen atoms in total. The fourth-order valence-corrected chi connectivity index (χ4v) is 2.90. The molecule has 0 atom stereocenters. The number of hydrogen-bond donors (Lipinski definition) is 3. The van der Waals surface area contributed by atoms with Gasteiger partial charge in [0.25, 0.3) is 0 Å². The van der Waals surface area contributed by atoms with Crippen molar-refractivity contribution in [1.82, 2.24) is 0 Å². The van der Waals surface area contributed by atoms with Crippen molar-refractivity contribution in [1.29, 1.82) is 0 Å². The van der Waals surface area contributed by atoms with Crippen LogP contribution in [0.5, 0.6) is 0 Å². The number of benzene rings is 3. The zero-order valence-electron chi connectivity index (χ0n) is 13.1.